The Labute approximate surface area is 188 Å². The van der Waals surface area contributed by atoms with E-state index < -0.39 is 23.8 Å². The molecule has 0 atom stereocenters. The molecule has 0 saturated carbocycles. The van der Waals surface area contributed by atoms with Crippen molar-refractivity contribution in [1.29, 1.82) is 0 Å². The van der Waals surface area contributed by atoms with E-state index in [4.69, 9.17) is 14.2 Å². The number of phenolic OH excluding ortho intramolecular Hbond substituents is 1. The van der Waals surface area contributed by atoms with Crippen molar-refractivity contribution in [2.45, 2.75) is 47.5 Å². The Morgan fingerprint density at radius 1 is 1.00 bits per heavy atom. The molecule has 0 aliphatic heterocycles. The predicted molar refractivity (Wildman–Crippen MR) is 120 cm³/mol. The summed E-state index contributed by atoms with van der Waals surface area (Å²) in [6.45, 7) is 8.59. The average molecular weight is 443 g/mol. The van der Waals surface area contributed by atoms with Gasteiger partial charge in [0.05, 0.1) is 13.2 Å². The minimum atomic E-state index is -1.05. The van der Waals surface area contributed by atoms with Crippen LogP contribution < -0.4 is 4.74 Å². The lowest BCUT2D eigenvalue weighted by atomic mass is 9.94. The van der Waals surface area contributed by atoms with Crippen LogP contribution in [0.5, 0.6) is 11.5 Å². The SMILES string of the molecule is CCOC(=O)C(CC(C)=CCc1c(C)c(OC(C)=O)c2ccccc2c1O)C(=O)OCC. The van der Waals surface area contributed by atoms with E-state index in [1.165, 1.54) is 6.92 Å². The van der Waals surface area contributed by atoms with Crippen LogP contribution in [0.2, 0.25) is 0 Å². The summed E-state index contributed by atoms with van der Waals surface area (Å²) >= 11 is 0. The summed E-state index contributed by atoms with van der Waals surface area (Å²) in [6, 6.07) is 7.15. The number of phenols is 1. The number of esters is 3. The van der Waals surface area contributed by atoms with E-state index in [0.717, 1.165) is 5.57 Å². The maximum absolute atomic E-state index is 12.2. The number of carbonyl (C=O) groups is 3. The summed E-state index contributed by atoms with van der Waals surface area (Å²) in [6.07, 6.45) is 2.29. The first kappa shape index (κ1) is 24.9. The normalized spacial score (nSPS) is 11.5. The third-order valence-corrected chi connectivity index (χ3v) is 5.07. The van der Waals surface area contributed by atoms with E-state index in [0.29, 0.717) is 34.1 Å². The monoisotopic (exact) mass is 442 g/mol. The van der Waals surface area contributed by atoms with Gasteiger partial charge in [0.2, 0.25) is 0 Å². The van der Waals surface area contributed by atoms with E-state index in [2.05, 4.69) is 0 Å². The van der Waals surface area contributed by atoms with Gasteiger partial charge in [0.25, 0.3) is 0 Å². The Balaban J connectivity index is 2.38. The molecule has 0 unspecified atom stereocenters. The first-order valence-corrected chi connectivity index (χ1v) is 10.6. The van der Waals surface area contributed by atoms with Crippen LogP contribution in [0, 0.1) is 12.8 Å². The molecule has 0 aromatic heterocycles. The molecule has 7 heteroatoms. The molecule has 0 heterocycles. The molecule has 32 heavy (non-hydrogen) atoms. The van der Waals surface area contributed by atoms with Crippen LogP contribution in [0.4, 0.5) is 0 Å². The molecule has 2 aromatic rings. The number of hydrogen-bond acceptors (Lipinski definition) is 7. The highest BCUT2D eigenvalue weighted by molar-refractivity contribution is 5.97. The number of allylic oxidation sites excluding steroid dienone is 2. The number of hydrogen-bond donors (Lipinski definition) is 1. The van der Waals surface area contributed by atoms with Crippen molar-refractivity contribution in [3.8, 4) is 11.5 Å². The number of rotatable bonds is 9. The molecule has 0 radical (unpaired) electrons. The van der Waals surface area contributed by atoms with E-state index in [1.807, 2.05) is 12.1 Å². The van der Waals surface area contributed by atoms with Crippen molar-refractivity contribution in [2.75, 3.05) is 13.2 Å². The predicted octanol–water partition coefficient (Wildman–Crippen LogP) is 4.40. The quantitative estimate of drug-likeness (QED) is 0.266. The molecule has 172 valence electrons. The van der Waals surface area contributed by atoms with Crippen molar-refractivity contribution in [3.63, 3.8) is 0 Å². The Kier molecular flexibility index (Phi) is 8.81. The molecular weight excluding hydrogens is 412 g/mol. The second-order valence-corrected chi connectivity index (χ2v) is 7.44. The molecule has 0 spiro atoms. The maximum Gasteiger partial charge on any atom is 0.320 e. The topological polar surface area (TPSA) is 99.1 Å². The highest BCUT2D eigenvalue weighted by Gasteiger charge is 2.29. The summed E-state index contributed by atoms with van der Waals surface area (Å²) in [5, 5.41) is 12.1. The van der Waals surface area contributed by atoms with Crippen molar-refractivity contribution in [3.05, 3.63) is 47.0 Å². The van der Waals surface area contributed by atoms with Gasteiger partial charge in [0.1, 0.15) is 11.5 Å². The Bertz CT molecular complexity index is 1020. The number of benzene rings is 2. The second kappa shape index (κ2) is 11.3. The molecule has 1 N–H and O–H groups in total. The first-order chi connectivity index (χ1) is 15.2. The van der Waals surface area contributed by atoms with Crippen molar-refractivity contribution in [1.82, 2.24) is 0 Å². The Morgan fingerprint density at radius 3 is 2.09 bits per heavy atom. The zero-order chi connectivity index (χ0) is 23.8. The third kappa shape index (κ3) is 5.87. The fourth-order valence-corrected chi connectivity index (χ4v) is 3.52. The maximum atomic E-state index is 12.2. The smallest absolute Gasteiger partial charge is 0.320 e. The molecule has 0 amide bonds. The molecule has 0 aliphatic rings. The first-order valence-electron chi connectivity index (χ1n) is 10.6. The van der Waals surface area contributed by atoms with Gasteiger partial charge in [-0.1, -0.05) is 35.9 Å². The number of carbonyl (C=O) groups excluding carboxylic acids is 3. The molecular formula is C25H30O7. The molecule has 0 aliphatic carbocycles. The lowest BCUT2D eigenvalue weighted by Crippen LogP contribution is -2.28. The van der Waals surface area contributed by atoms with Crippen molar-refractivity contribution >= 4 is 28.7 Å². The lowest BCUT2D eigenvalue weighted by molar-refractivity contribution is -0.161. The minimum absolute atomic E-state index is 0.102. The van der Waals surface area contributed by atoms with Gasteiger partial charge in [-0.3, -0.25) is 14.4 Å². The molecule has 2 aromatic carbocycles. The van der Waals surface area contributed by atoms with Crippen LogP contribution in [0.3, 0.4) is 0 Å². The fourth-order valence-electron chi connectivity index (χ4n) is 3.52. The summed E-state index contributed by atoms with van der Waals surface area (Å²) in [4.78, 5) is 36.1. The Hall–Kier alpha value is -3.35. The van der Waals surface area contributed by atoms with Crippen LogP contribution >= 0.6 is 0 Å². The molecule has 0 saturated heterocycles. The van der Waals surface area contributed by atoms with Crippen molar-refractivity contribution < 1.29 is 33.7 Å². The van der Waals surface area contributed by atoms with Gasteiger partial charge in [-0.2, -0.15) is 0 Å². The van der Waals surface area contributed by atoms with Crippen LogP contribution in [-0.2, 0) is 30.3 Å². The van der Waals surface area contributed by atoms with Crippen LogP contribution in [0.25, 0.3) is 10.8 Å². The summed E-state index contributed by atoms with van der Waals surface area (Å²) < 4.78 is 15.5. The van der Waals surface area contributed by atoms with Gasteiger partial charge < -0.3 is 19.3 Å². The third-order valence-electron chi connectivity index (χ3n) is 5.07. The molecule has 7 nitrogen and oxygen atoms in total. The average Bonchev–Trinajstić information content (AvgIpc) is 2.75. The second-order valence-electron chi connectivity index (χ2n) is 7.44. The summed E-state index contributed by atoms with van der Waals surface area (Å²) in [5.74, 6) is -2.24. The molecule has 0 bridgehead atoms. The molecule has 2 rings (SSSR count). The van der Waals surface area contributed by atoms with Gasteiger partial charge in [-0.05, 0) is 46.1 Å². The van der Waals surface area contributed by atoms with Crippen molar-refractivity contribution in [2.24, 2.45) is 5.92 Å². The number of ether oxygens (including phenoxy) is 3. The van der Waals surface area contributed by atoms with Gasteiger partial charge in [-0.15, -0.1) is 0 Å². The fraction of sp³-hybridized carbons (Fsp3) is 0.400. The van der Waals surface area contributed by atoms with E-state index in [-0.39, 0.29) is 25.4 Å². The largest absolute Gasteiger partial charge is 0.507 e. The minimum Gasteiger partial charge on any atom is -0.507 e. The summed E-state index contributed by atoms with van der Waals surface area (Å²) in [5.41, 5.74) is 2.01. The molecule has 0 fully saturated rings. The van der Waals surface area contributed by atoms with Crippen LogP contribution in [0.1, 0.15) is 45.2 Å². The lowest BCUT2D eigenvalue weighted by Gasteiger charge is -2.17. The van der Waals surface area contributed by atoms with E-state index >= 15 is 0 Å². The Morgan fingerprint density at radius 2 is 1.56 bits per heavy atom. The van der Waals surface area contributed by atoms with Gasteiger partial charge in [-0.25, -0.2) is 0 Å². The van der Waals surface area contributed by atoms with Gasteiger partial charge in [0.15, 0.2) is 5.92 Å². The number of fused-ring (bicyclic) bond motifs is 1. The zero-order valence-corrected chi connectivity index (χ0v) is 19.2. The van der Waals surface area contributed by atoms with E-state index in [9.17, 15) is 19.5 Å². The number of aromatic hydroxyl groups is 1. The highest BCUT2D eigenvalue weighted by atomic mass is 16.6. The van der Waals surface area contributed by atoms with Gasteiger partial charge in [0, 0.05) is 23.3 Å². The van der Waals surface area contributed by atoms with Gasteiger partial charge >= 0.3 is 17.9 Å². The van der Waals surface area contributed by atoms with E-state index in [1.54, 1.807) is 45.9 Å². The van der Waals surface area contributed by atoms with Crippen LogP contribution in [-0.4, -0.2) is 36.2 Å². The standard InChI is InChI=1S/C25H30O7/c1-6-30-24(28)21(25(29)31-7-2)14-15(3)12-13-18-16(4)23(32-17(5)26)20-11-9-8-10-19(20)22(18)27/h8-12,21,27H,6-7,13-14H2,1-5H3. The van der Waals surface area contributed by atoms with Crippen LogP contribution in [0.15, 0.2) is 35.9 Å². The highest BCUT2D eigenvalue weighted by Crippen LogP contribution is 2.40. The summed E-state index contributed by atoms with van der Waals surface area (Å²) in [7, 11) is 0. The zero-order valence-electron chi connectivity index (χ0n) is 19.2.